The Bertz CT molecular complexity index is 1670. The van der Waals surface area contributed by atoms with E-state index >= 15 is 0 Å². The Labute approximate surface area is 224 Å². The lowest BCUT2D eigenvalue weighted by Gasteiger charge is -2.32. The fourth-order valence-electron chi connectivity index (χ4n) is 5.12. The predicted molar refractivity (Wildman–Crippen MR) is 148 cm³/mol. The SMILES string of the molecule is Nc1cccnc1C(=O)N1CCC(c2nc3c(-c4ccc(-c5ccccc5)nc4)cnn3c(N)c2C=O)CC1. The molecule has 4 N–H and O–H groups in total. The molecule has 39 heavy (non-hydrogen) atoms. The molecule has 0 atom stereocenters. The standard InChI is InChI=1S/C29H26N8O2/c30-23-7-4-12-32-26(23)29(39)36-13-10-19(11-14-36)25-22(17-38)27(31)37-28(35-25)21(16-34-37)20-8-9-24(33-15-20)18-5-2-1-3-6-18/h1-9,12,15-17,19H,10-11,13-14,30-31H2. The molecule has 5 heterocycles. The summed E-state index contributed by atoms with van der Waals surface area (Å²) in [6.07, 6.45) is 7.02. The number of carbonyl (C=O) groups excluding carboxylic acids is 2. The van der Waals surface area contributed by atoms with E-state index in [1.807, 2.05) is 42.5 Å². The van der Waals surface area contributed by atoms with Crippen molar-refractivity contribution in [3.63, 3.8) is 0 Å². The maximum absolute atomic E-state index is 13.0. The first-order valence-electron chi connectivity index (χ1n) is 12.7. The highest BCUT2D eigenvalue weighted by Gasteiger charge is 2.30. The molecule has 1 saturated heterocycles. The summed E-state index contributed by atoms with van der Waals surface area (Å²) >= 11 is 0. The number of nitrogens with two attached hydrogens (primary N) is 2. The lowest BCUT2D eigenvalue weighted by atomic mass is 9.90. The third-order valence-electron chi connectivity index (χ3n) is 7.22. The highest BCUT2D eigenvalue weighted by molar-refractivity contribution is 5.97. The molecule has 10 heteroatoms. The van der Waals surface area contributed by atoms with Gasteiger partial charge in [0.25, 0.3) is 5.91 Å². The number of aldehydes is 1. The first-order valence-corrected chi connectivity index (χ1v) is 12.7. The number of rotatable bonds is 5. The van der Waals surface area contributed by atoms with Crippen LogP contribution in [0.3, 0.4) is 0 Å². The van der Waals surface area contributed by atoms with Crippen LogP contribution in [-0.4, -0.2) is 54.7 Å². The largest absolute Gasteiger partial charge is 0.397 e. The second-order valence-electron chi connectivity index (χ2n) is 9.51. The first-order chi connectivity index (χ1) is 19.0. The minimum atomic E-state index is -0.199. The third-order valence-corrected chi connectivity index (χ3v) is 7.22. The van der Waals surface area contributed by atoms with E-state index in [9.17, 15) is 9.59 Å². The summed E-state index contributed by atoms with van der Waals surface area (Å²) < 4.78 is 1.50. The molecule has 0 saturated carbocycles. The van der Waals surface area contributed by atoms with E-state index in [-0.39, 0.29) is 23.3 Å². The van der Waals surface area contributed by atoms with Gasteiger partial charge in [0.2, 0.25) is 0 Å². The Morgan fingerprint density at radius 3 is 2.41 bits per heavy atom. The van der Waals surface area contributed by atoms with Gasteiger partial charge in [-0.05, 0) is 31.0 Å². The van der Waals surface area contributed by atoms with E-state index in [0.29, 0.717) is 48.5 Å². The van der Waals surface area contributed by atoms with Crippen LogP contribution in [-0.2, 0) is 0 Å². The fraction of sp³-hybridized carbons (Fsp3) is 0.172. The lowest BCUT2D eigenvalue weighted by molar-refractivity contribution is 0.0706. The Morgan fingerprint density at radius 1 is 0.923 bits per heavy atom. The normalized spacial score (nSPS) is 14.0. The summed E-state index contributed by atoms with van der Waals surface area (Å²) in [6, 6.07) is 17.2. The van der Waals surface area contributed by atoms with Crippen molar-refractivity contribution in [2.75, 3.05) is 24.6 Å². The Balaban J connectivity index is 1.30. The fourth-order valence-corrected chi connectivity index (χ4v) is 5.12. The number of aromatic nitrogens is 5. The topological polar surface area (TPSA) is 145 Å². The molecule has 0 radical (unpaired) electrons. The smallest absolute Gasteiger partial charge is 0.274 e. The number of nitrogen functional groups attached to an aromatic ring is 2. The summed E-state index contributed by atoms with van der Waals surface area (Å²) in [5.74, 6) is -0.0107. The van der Waals surface area contributed by atoms with Crippen LogP contribution in [0.2, 0.25) is 0 Å². The average molecular weight is 519 g/mol. The Kier molecular flexibility index (Phi) is 6.20. The van der Waals surface area contributed by atoms with E-state index in [1.165, 1.54) is 4.52 Å². The van der Waals surface area contributed by atoms with Crippen molar-refractivity contribution in [3.8, 4) is 22.4 Å². The number of carbonyl (C=O) groups is 2. The zero-order chi connectivity index (χ0) is 26.9. The van der Waals surface area contributed by atoms with Crippen molar-refractivity contribution >= 4 is 29.3 Å². The van der Waals surface area contributed by atoms with Crippen LogP contribution < -0.4 is 11.5 Å². The quantitative estimate of drug-likeness (QED) is 0.334. The summed E-state index contributed by atoms with van der Waals surface area (Å²) in [4.78, 5) is 40.5. The van der Waals surface area contributed by atoms with E-state index in [4.69, 9.17) is 16.5 Å². The maximum atomic E-state index is 13.0. The van der Waals surface area contributed by atoms with E-state index < -0.39 is 0 Å². The Morgan fingerprint density at radius 2 is 1.72 bits per heavy atom. The van der Waals surface area contributed by atoms with Gasteiger partial charge in [0, 0.05) is 48.1 Å². The van der Waals surface area contributed by atoms with Crippen LogP contribution in [0.25, 0.3) is 28.0 Å². The molecule has 6 rings (SSSR count). The zero-order valence-corrected chi connectivity index (χ0v) is 21.1. The second kappa shape index (κ2) is 9.97. The molecule has 194 valence electrons. The van der Waals surface area contributed by atoms with Gasteiger partial charge in [-0.2, -0.15) is 9.61 Å². The molecule has 1 aliphatic rings. The monoisotopic (exact) mass is 518 g/mol. The van der Waals surface area contributed by atoms with Gasteiger partial charge in [0.15, 0.2) is 17.6 Å². The van der Waals surface area contributed by atoms with Crippen molar-refractivity contribution in [2.24, 2.45) is 0 Å². The number of hydrogen-bond donors (Lipinski definition) is 2. The molecule has 5 aromatic rings. The van der Waals surface area contributed by atoms with Crippen molar-refractivity contribution in [1.82, 2.24) is 29.5 Å². The lowest BCUT2D eigenvalue weighted by Crippen LogP contribution is -2.39. The summed E-state index contributed by atoms with van der Waals surface area (Å²) in [5.41, 5.74) is 18.0. The number of fused-ring (bicyclic) bond motifs is 1. The average Bonchev–Trinajstić information content (AvgIpc) is 3.42. The van der Waals surface area contributed by atoms with E-state index in [2.05, 4.69) is 15.1 Å². The first kappa shape index (κ1) is 24.2. The third kappa shape index (κ3) is 4.35. The minimum Gasteiger partial charge on any atom is -0.397 e. The van der Waals surface area contributed by atoms with Crippen molar-refractivity contribution in [2.45, 2.75) is 18.8 Å². The van der Waals surface area contributed by atoms with Crippen LogP contribution in [0.15, 0.2) is 73.2 Å². The van der Waals surface area contributed by atoms with Gasteiger partial charge in [-0.15, -0.1) is 0 Å². The van der Waals surface area contributed by atoms with Gasteiger partial charge in [0.1, 0.15) is 5.82 Å². The molecule has 0 spiro atoms. The number of hydrogen-bond acceptors (Lipinski definition) is 8. The maximum Gasteiger partial charge on any atom is 0.274 e. The van der Waals surface area contributed by atoms with Crippen LogP contribution in [0, 0.1) is 0 Å². The number of nitrogens with zero attached hydrogens (tertiary/aromatic N) is 6. The van der Waals surface area contributed by atoms with Gasteiger partial charge in [-0.25, -0.2) is 9.97 Å². The van der Waals surface area contributed by atoms with Crippen LogP contribution >= 0.6 is 0 Å². The molecule has 1 amide bonds. The number of pyridine rings is 2. The van der Waals surface area contributed by atoms with E-state index in [1.54, 1.807) is 35.6 Å². The van der Waals surface area contributed by atoms with Gasteiger partial charge < -0.3 is 16.4 Å². The van der Waals surface area contributed by atoms with Crippen molar-refractivity contribution < 1.29 is 9.59 Å². The molecule has 0 aliphatic carbocycles. The molecule has 10 nitrogen and oxygen atoms in total. The van der Waals surface area contributed by atoms with Gasteiger partial charge >= 0.3 is 0 Å². The highest BCUT2D eigenvalue weighted by Crippen LogP contribution is 2.34. The molecule has 1 aliphatic heterocycles. The molecule has 0 bridgehead atoms. The molecule has 1 aromatic carbocycles. The summed E-state index contributed by atoms with van der Waals surface area (Å²) in [7, 11) is 0. The van der Waals surface area contributed by atoms with Crippen LogP contribution in [0.4, 0.5) is 11.5 Å². The highest BCUT2D eigenvalue weighted by atomic mass is 16.2. The van der Waals surface area contributed by atoms with Gasteiger partial charge in [-0.3, -0.25) is 14.6 Å². The summed E-state index contributed by atoms with van der Waals surface area (Å²) in [6.45, 7) is 0.975. The number of likely N-dealkylation sites (tertiary alicyclic amines) is 1. The van der Waals surface area contributed by atoms with Gasteiger partial charge in [-0.1, -0.05) is 36.4 Å². The molecular formula is C29H26N8O2. The molecule has 4 aromatic heterocycles. The second-order valence-corrected chi connectivity index (χ2v) is 9.51. The van der Waals surface area contributed by atoms with Crippen molar-refractivity contribution in [3.05, 3.63) is 90.1 Å². The van der Waals surface area contributed by atoms with Crippen molar-refractivity contribution in [1.29, 1.82) is 0 Å². The number of anilines is 2. The Hall–Kier alpha value is -5.12. The molecule has 0 unspecified atom stereocenters. The molecular weight excluding hydrogens is 492 g/mol. The van der Waals surface area contributed by atoms with E-state index in [0.717, 1.165) is 28.7 Å². The minimum absolute atomic E-state index is 0.0519. The predicted octanol–water partition coefficient (Wildman–Crippen LogP) is 3.85. The number of amides is 1. The number of piperidine rings is 1. The summed E-state index contributed by atoms with van der Waals surface area (Å²) in [5, 5.41) is 4.42. The number of benzene rings is 1. The van der Waals surface area contributed by atoms with Crippen LogP contribution in [0.5, 0.6) is 0 Å². The van der Waals surface area contributed by atoms with Crippen LogP contribution in [0.1, 0.15) is 45.3 Å². The van der Waals surface area contributed by atoms with Gasteiger partial charge in [0.05, 0.1) is 28.8 Å². The zero-order valence-electron chi connectivity index (χ0n) is 21.1. The molecule has 1 fully saturated rings.